The minimum atomic E-state index is -3.03. The first-order valence-corrected chi connectivity index (χ1v) is 9.21. The van der Waals surface area contributed by atoms with Crippen LogP contribution < -0.4 is 10.1 Å². The molecule has 1 aromatic heterocycles. The van der Waals surface area contributed by atoms with E-state index < -0.39 is 12.5 Å². The number of nitriles is 1. The molecule has 0 atom stereocenters. The Morgan fingerprint density at radius 3 is 2.84 bits per heavy atom. The molecule has 0 unspecified atom stereocenters. The Bertz CT molecular complexity index is 861. The van der Waals surface area contributed by atoms with Crippen LogP contribution in [0.4, 0.5) is 13.8 Å². The summed E-state index contributed by atoms with van der Waals surface area (Å²) in [5, 5.41) is 12.6. The van der Waals surface area contributed by atoms with Gasteiger partial charge in [-0.3, -0.25) is 4.79 Å². The number of carbonyl (C=O) groups excluding carboxylic acids is 1. The highest BCUT2D eigenvalue weighted by atomic mass is 79.9. The number of hydrogen-bond acceptors (Lipinski definition) is 4. The summed E-state index contributed by atoms with van der Waals surface area (Å²) in [6, 6.07) is 6.38. The van der Waals surface area contributed by atoms with Crippen LogP contribution >= 0.6 is 27.3 Å². The quantitative estimate of drug-likeness (QED) is 0.737. The number of carbonyl (C=O) groups is 1. The fourth-order valence-corrected chi connectivity index (χ4v) is 4.42. The number of nitrogens with one attached hydrogen (secondary N) is 1. The average molecular weight is 427 g/mol. The number of thiophene rings is 1. The fourth-order valence-electron chi connectivity index (χ4n) is 2.82. The third-order valence-electron chi connectivity index (χ3n) is 3.91. The minimum Gasteiger partial charge on any atom is -0.434 e. The van der Waals surface area contributed by atoms with Gasteiger partial charge in [-0.15, -0.1) is 11.3 Å². The van der Waals surface area contributed by atoms with E-state index in [1.54, 1.807) is 0 Å². The molecule has 0 spiro atoms. The molecule has 1 N–H and O–H groups in total. The molecule has 0 bridgehead atoms. The first-order chi connectivity index (χ1) is 12.0. The van der Waals surface area contributed by atoms with Crippen LogP contribution in [0, 0.1) is 11.3 Å². The number of aryl methyl sites for hydroxylation is 1. The molecule has 1 aromatic carbocycles. The molecular weight excluding hydrogens is 414 g/mol. The third kappa shape index (κ3) is 3.83. The van der Waals surface area contributed by atoms with Crippen LogP contribution in [-0.4, -0.2) is 12.5 Å². The summed E-state index contributed by atoms with van der Waals surface area (Å²) >= 11 is 4.60. The van der Waals surface area contributed by atoms with Gasteiger partial charge in [0.15, 0.2) is 0 Å². The molecule has 0 fully saturated rings. The van der Waals surface area contributed by atoms with E-state index in [0.29, 0.717) is 15.0 Å². The molecule has 0 radical (unpaired) electrons. The summed E-state index contributed by atoms with van der Waals surface area (Å²) in [6.07, 6.45) is 3.79. The highest BCUT2D eigenvalue weighted by Gasteiger charge is 2.23. The largest absolute Gasteiger partial charge is 0.434 e. The van der Waals surface area contributed by atoms with Gasteiger partial charge < -0.3 is 10.1 Å². The standard InChI is InChI=1S/C17H13BrF2N2O2S/c18-9-5-6-13(24-17(19)20)11(7-9)15(23)22-16-12(8-21)10-3-1-2-4-14(10)25-16/h5-7,17H,1-4H2,(H,22,23). The molecule has 4 nitrogen and oxygen atoms in total. The lowest BCUT2D eigenvalue weighted by molar-refractivity contribution is -0.0501. The summed E-state index contributed by atoms with van der Waals surface area (Å²) in [7, 11) is 0. The van der Waals surface area contributed by atoms with Crippen molar-refractivity contribution in [2.45, 2.75) is 32.3 Å². The van der Waals surface area contributed by atoms with Crippen molar-refractivity contribution >= 4 is 38.2 Å². The summed E-state index contributed by atoms with van der Waals surface area (Å²) in [5.74, 6) is -0.803. The van der Waals surface area contributed by atoms with Crippen molar-refractivity contribution in [3.05, 3.63) is 44.2 Å². The number of ether oxygens (including phenoxy) is 1. The number of alkyl halides is 2. The maximum atomic E-state index is 12.6. The highest BCUT2D eigenvalue weighted by Crippen LogP contribution is 2.38. The number of nitrogens with zero attached hydrogens (tertiary/aromatic N) is 1. The lowest BCUT2D eigenvalue weighted by atomic mass is 9.96. The van der Waals surface area contributed by atoms with Gasteiger partial charge in [0.1, 0.15) is 16.8 Å². The Hall–Kier alpha value is -1.98. The van der Waals surface area contributed by atoms with Crippen LogP contribution in [0.2, 0.25) is 0 Å². The lowest BCUT2D eigenvalue weighted by Gasteiger charge is -2.11. The third-order valence-corrected chi connectivity index (χ3v) is 5.61. The van der Waals surface area contributed by atoms with Gasteiger partial charge in [-0.25, -0.2) is 0 Å². The van der Waals surface area contributed by atoms with Gasteiger partial charge in [0, 0.05) is 9.35 Å². The van der Waals surface area contributed by atoms with Crippen molar-refractivity contribution in [3.63, 3.8) is 0 Å². The second-order valence-corrected chi connectivity index (χ2v) is 7.52. The molecule has 1 amide bonds. The number of amides is 1. The van der Waals surface area contributed by atoms with Crippen molar-refractivity contribution in [1.29, 1.82) is 5.26 Å². The first-order valence-electron chi connectivity index (χ1n) is 7.60. The van der Waals surface area contributed by atoms with Gasteiger partial charge in [0.05, 0.1) is 11.1 Å². The molecule has 2 aromatic rings. The number of fused-ring (bicyclic) bond motifs is 1. The summed E-state index contributed by atoms with van der Waals surface area (Å²) in [5.41, 5.74) is 1.44. The van der Waals surface area contributed by atoms with Gasteiger partial charge in [0.2, 0.25) is 0 Å². The van der Waals surface area contributed by atoms with Gasteiger partial charge in [0.25, 0.3) is 5.91 Å². The van der Waals surface area contributed by atoms with E-state index in [9.17, 15) is 18.8 Å². The zero-order valence-corrected chi connectivity index (χ0v) is 15.3. The number of anilines is 1. The molecular formula is C17H13BrF2N2O2S. The first kappa shape index (κ1) is 17.8. The van der Waals surface area contributed by atoms with Crippen LogP contribution in [0.15, 0.2) is 22.7 Å². The molecule has 25 heavy (non-hydrogen) atoms. The highest BCUT2D eigenvalue weighted by molar-refractivity contribution is 9.10. The van der Waals surface area contributed by atoms with E-state index in [4.69, 9.17) is 0 Å². The number of halogens is 3. The van der Waals surface area contributed by atoms with E-state index in [1.165, 1.54) is 29.5 Å². The molecule has 0 aliphatic heterocycles. The molecule has 1 aliphatic carbocycles. The summed E-state index contributed by atoms with van der Waals surface area (Å²) in [6.45, 7) is -3.03. The number of hydrogen-bond donors (Lipinski definition) is 1. The van der Waals surface area contributed by atoms with Crippen LogP contribution in [0.25, 0.3) is 0 Å². The van der Waals surface area contributed by atoms with E-state index in [-0.39, 0.29) is 11.3 Å². The van der Waals surface area contributed by atoms with Crippen molar-refractivity contribution in [2.24, 2.45) is 0 Å². The lowest BCUT2D eigenvalue weighted by Crippen LogP contribution is -2.15. The predicted octanol–water partition coefficient (Wildman–Crippen LogP) is 5.11. The summed E-state index contributed by atoms with van der Waals surface area (Å²) in [4.78, 5) is 13.7. The van der Waals surface area contributed by atoms with Crippen LogP contribution in [0.1, 0.15) is 39.2 Å². The fraction of sp³-hybridized carbons (Fsp3) is 0.294. The van der Waals surface area contributed by atoms with Gasteiger partial charge >= 0.3 is 6.61 Å². The number of benzene rings is 1. The minimum absolute atomic E-state index is 0.0232. The van der Waals surface area contributed by atoms with Crippen LogP contribution in [-0.2, 0) is 12.8 Å². The molecule has 0 saturated heterocycles. The summed E-state index contributed by atoms with van der Waals surface area (Å²) < 4.78 is 30.1. The Labute approximate surface area is 155 Å². The topological polar surface area (TPSA) is 62.1 Å². The van der Waals surface area contributed by atoms with Crippen molar-refractivity contribution in [2.75, 3.05) is 5.32 Å². The maximum Gasteiger partial charge on any atom is 0.387 e. The van der Waals surface area contributed by atoms with Gasteiger partial charge in [-0.1, -0.05) is 15.9 Å². The Morgan fingerprint density at radius 2 is 2.12 bits per heavy atom. The van der Waals surface area contributed by atoms with Crippen molar-refractivity contribution in [1.82, 2.24) is 0 Å². The van der Waals surface area contributed by atoms with Crippen LogP contribution in [0.3, 0.4) is 0 Å². The molecule has 1 aliphatic rings. The zero-order valence-electron chi connectivity index (χ0n) is 12.9. The van der Waals surface area contributed by atoms with Crippen molar-refractivity contribution < 1.29 is 18.3 Å². The molecule has 3 rings (SSSR count). The number of rotatable bonds is 4. The van der Waals surface area contributed by atoms with E-state index in [1.807, 2.05) is 0 Å². The Balaban J connectivity index is 1.92. The smallest absolute Gasteiger partial charge is 0.387 e. The Morgan fingerprint density at radius 1 is 1.36 bits per heavy atom. The zero-order chi connectivity index (χ0) is 18.0. The SMILES string of the molecule is N#Cc1c(NC(=O)c2cc(Br)ccc2OC(F)F)sc2c1CCCC2. The second-order valence-electron chi connectivity index (χ2n) is 5.50. The Kier molecular flexibility index (Phi) is 5.35. The van der Waals surface area contributed by atoms with E-state index in [0.717, 1.165) is 36.1 Å². The maximum absolute atomic E-state index is 12.6. The second kappa shape index (κ2) is 7.50. The van der Waals surface area contributed by atoms with Gasteiger partial charge in [-0.2, -0.15) is 14.0 Å². The average Bonchev–Trinajstić information content (AvgIpc) is 2.92. The van der Waals surface area contributed by atoms with Gasteiger partial charge in [-0.05, 0) is 49.4 Å². The van der Waals surface area contributed by atoms with Crippen molar-refractivity contribution in [3.8, 4) is 11.8 Å². The molecule has 1 heterocycles. The van der Waals surface area contributed by atoms with Crippen LogP contribution in [0.5, 0.6) is 5.75 Å². The molecule has 130 valence electrons. The van der Waals surface area contributed by atoms with E-state index >= 15 is 0 Å². The monoisotopic (exact) mass is 426 g/mol. The molecule has 0 saturated carbocycles. The van der Waals surface area contributed by atoms with E-state index in [2.05, 4.69) is 32.1 Å². The predicted molar refractivity (Wildman–Crippen MR) is 94.4 cm³/mol. The normalized spacial score (nSPS) is 13.2. The molecule has 8 heteroatoms.